The van der Waals surface area contributed by atoms with E-state index in [1.165, 1.54) is 0 Å². The van der Waals surface area contributed by atoms with E-state index in [2.05, 4.69) is 10.3 Å². The Hall–Kier alpha value is -2.95. The number of benzene rings is 1. The number of hydrogen-bond donors (Lipinski definition) is 1. The predicted molar refractivity (Wildman–Crippen MR) is 96.6 cm³/mol. The first-order valence-corrected chi connectivity index (χ1v) is 8.21. The molecule has 1 aliphatic heterocycles. The maximum Gasteiger partial charge on any atom is 0.277 e. The Kier molecular flexibility index (Phi) is 4.65. The Morgan fingerprint density at radius 3 is 2.60 bits per heavy atom. The number of aliphatic imine (C=N–C) groups is 1. The lowest BCUT2D eigenvalue weighted by molar-refractivity contribution is -0.116. The number of amides is 2. The number of allylic oxidation sites excluding steroid dienone is 3. The van der Waals surface area contributed by atoms with E-state index in [1.54, 1.807) is 42.5 Å². The molecule has 5 nitrogen and oxygen atoms in total. The second-order valence-electron chi connectivity index (χ2n) is 6.35. The zero-order valence-electron chi connectivity index (χ0n) is 14.4. The molecule has 1 heterocycles. The number of fused-ring (bicyclic) bond motifs is 1. The Bertz CT molecular complexity index is 827. The molecule has 0 aromatic heterocycles. The molecule has 1 aromatic carbocycles. The number of nitrogens with zero attached hydrogens (tertiary/aromatic N) is 1. The molecule has 1 unspecified atom stereocenters. The van der Waals surface area contributed by atoms with Gasteiger partial charge in [0.05, 0.1) is 11.8 Å². The molecule has 0 radical (unpaired) electrons. The fourth-order valence-corrected chi connectivity index (χ4v) is 2.78. The third kappa shape index (κ3) is 3.94. The molecule has 1 aromatic rings. The maximum atomic E-state index is 12.3. The molecule has 5 heteroatoms. The van der Waals surface area contributed by atoms with Crippen LogP contribution in [-0.2, 0) is 4.79 Å². The van der Waals surface area contributed by atoms with Crippen molar-refractivity contribution < 1.29 is 14.3 Å². The van der Waals surface area contributed by atoms with Crippen molar-refractivity contribution >= 4 is 17.5 Å². The van der Waals surface area contributed by atoms with Gasteiger partial charge < -0.3 is 10.1 Å². The molecule has 0 spiro atoms. The van der Waals surface area contributed by atoms with Gasteiger partial charge in [-0.3, -0.25) is 9.59 Å². The van der Waals surface area contributed by atoms with Crippen LogP contribution < -0.4 is 10.1 Å². The lowest BCUT2D eigenvalue weighted by atomic mass is 9.89. The molecule has 0 fully saturated rings. The normalized spacial score (nSPS) is 20.7. The first-order chi connectivity index (χ1) is 11.9. The number of ether oxygens (including phenoxy) is 1. The van der Waals surface area contributed by atoms with Gasteiger partial charge in [-0.15, -0.1) is 0 Å². The highest BCUT2D eigenvalue weighted by Gasteiger charge is 2.23. The number of nitrogens with one attached hydrogen (secondary N) is 1. The molecule has 2 amide bonds. The number of carbonyl (C=O) groups excluding carboxylic acids is 2. The van der Waals surface area contributed by atoms with Crippen LogP contribution in [0.5, 0.6) is 5.75 Å². The van der Waals surface area contributed by atoms with Gasteiger partial charge in [-0.2, -0.15) is 0 Å². The fourth-order valence-electron chi connectivity index (χ4n) is 2.78. The summed E-state index contributed by atoms with van der Waals surface area (Å²) >= 11 is 0. The van der Waals surface area contributed by atoms with E-state index in [-0.39, 0.29) is 23.8 Å². The molecule has 128 valence electrons. The first-order valence-electron chi connectivity index (χ1n) is 8.21. The van der Waals surface area contributed by atoms with Gasteiger partial charge >= 0.3 is 0 Å². The van der Waals surface area contributed by atoms with Crippen LogP contribution in [0.4, 0.5) is 0 Å². The highest BCUT2D eigenvalue weighted by molar-refractivity contribution is 6.14. The van der Waals surface area contributed by atoms with Crippen molar-refractivity contribution in [3.63, 3.8) is 0 Å². The van der Waals surface area contributed by atoms with E-state index in [0.29, 0.717) is 17.0 Å². The van der Waals surface area contributed by atoms with Crippen LogP contribution in [0.15, 0.2) is 64.8 Å². The predicted octanol–water partition coefficient (Wildman–Crippen LogP) is 3.20. The van der Waals surface area contributed by atoms with Gasteiger partial charge in [0.2, 0.25) is 5.91 Å². The van der Waals surface area contributed by atoms with Crippen molar-refractivity contribution in [3.8, 4) is 5.75 Å². The van der Waals surface area contributed by atoms with Crippen LogP contribution >= 0.6 is 0 Å². The molecule has 2 aliphatic rings. The van der Waals surface area contributed by atoms with Gasteiger partial charge in [0.1, 0.15) is 5.75 Å². The van der Waals surface area contributed by atoms with Crippen molar-refractivity contribution in [2.75, 3.05) is 0 Å². The smallest absolute Gasteiger partial charge is 0.277 e. The first kappa shape index (κ1) is 16.9. The lowest BCUT2D eigenvalue weighted by Gasteiger charge is -2.25. The molecule has 0 saturated heterocycles. The summed E-state index contributed by atoms with van der Waals surface area (Å²) in [6.07, 6.45) is 7.15. The van der Waals surface area contributed by atoms with Crippen LogP contribution in [0.1, 0.15) is 31.1 Å². The second-order valence-corrected chi connectivity index (χ2v) is 6.35. The summed E-state index contributed by atoms with van der Waals surface area (Å²) in [6, 6.07) is 6.91. The minimum Gasteiger partial charge on any atom is -0.491 e. The molecule has 1 atom stereocenters. The van der Waals surface area contributed by atoms with E-state index in [9.17, 15) is 9.59 Å². The lowest BCUT2D eigenvalue weighted by Crippen LogP contribution is -2.32. The topological polar surface area (TPSA) is 67.8 Å². The Labute approximate surface area is 146 Å². The minimum atomic E-state index is -0.333. The molecule has 0 bridgehead atoms. The maximum absolute atomic E-state index is 12.3. The van der Waals surface area contributed by atoms with Crippen LogP contribution in [-0.4, -0.2) is 23.6 Å². The van der Waals surface area contributed by atoms with Crippen LogP contribution in [0, 0.1) is 5.92 Å². The summed E-state index contributed by atoms with van der Waals surface area (Å²) in [6.45, 7) is 5.81. The molecule has 3 rings (SSSR count). The van der Waals surface area contributed by atoms with Gasteiger partial charge in [0.25, 0.3) is 5.91 Å². The Morgan fingerprint density at radius 1 is 1.20 bits per heavy atom. The van der Waals surface area contributed by atoms with Crippen LogP contribution in [0.2, 0.25) is 0 Å². The highest BCUT2D eigenvalue weighted by atomic mass is 16.5. The van der Waals surface area contributed by atoms with Crippen LogP contribution in [0.3, 0.4) is 0 Å². The van der Waals surface area contributed by atoms with Crippen molar-refractivity contribution in [2.24, 2.45) is 10.9 Å². The summed E-state index contributed by atoms with van der Waals surface area (Å²) in [5, 5.41) is 2.80. The Morgan fingerprint density at radius 2 is 1.92 bits per heavy atom. The third-order valence-corrected chi connectivity index (χ3v) is 3.92. The molecular formula is C20H20N2O3. The van der Waals surface area contributed by atoms with Gasteiger partial charge in [-0.1, -0.05) is 11.6 Å². The number of carbonyl (C=O) groups is 2. The van der Waals surface area contributed by atoms with Gasteiger partial charge in [0.15, 0.2) is 0 Å². The summed E-state index contributed by atoms with van der Waals surface area (Å²) in [4.78, 5) is 28.1. The third-order valence-electron chi connectivity index (χ3n) is 3.92. The SMILES string of the molecule is CC1=CC(=O)NC2=CC(=NC(=O)c3ccc(OC(C)C)cc3)C=CC12. The zero-order chi connectivity index (χ0) is 18.0. The zero-order valence-corrected chi connectivity index (χ0v) is 14.4. The van der Waals surface area contributed by atoms with Crippen molar-refractivity contribution in [2.45, 2.75) is 26.9 Å². The van der Waals surface area contributed by atoms with E-state index < -0.39 is 0 Å². The average molecular weight is 336 g/mol. The van der Waals surface area contributed by atoms with Gasteiger partial charge in [-0.05, 0) is 57.2 Å². The van der Waals surface area contributed by atoms with Crippen molar-refractivity contribution in [1.29, 1.82) is 0 Å². The van der Waals surface area contributed by atoms with Crippen LogP contribution in [0.25, 0.3) is 0 Å². The van der Waals surface area contributed by atoms with E-state index in [4.69, 9.17) is 4.74 Å². The fraction of sp³-hybridized carbons (Fsp3) is 0.250. The molecule has 1 aliphatic carbocycles. The average Bonchev–Trinajstić information content (AvgIpc) is 2.54. The van der Waals surface area contributed by atoms with Gasteiger partial charge in [0, 0.05) is 23.3 Å². The summed E-state index contributed by atoms with van der Waals surface area (Å²) in [7, 11) is 0. The minimum absolute atomic E-state index is 0.0409. The molecular weight excluding hydrogens is 316 g/mol. The molecule has 0 saturated carbocycles. The quantitative estimate of drug-likeness (QED) is 0.921. The van der Waals surface area contributed by atoms with Crippen molar-refractivity contribution in [3.05, 3.63) is 65.4 Å². The van der Waals surface area contributed by atoms with Gasteiger partial charge in [-0.25, -0.2) is 4.99 Å². The second kappa shape index (κ2) is 6.89. The largest absolute Gasteiger partial charge is 0.491 e. The van der Waals surface area contributed by atoms with E-state index >= 15 is 0 Å². The van der Waals surface area contributed by atoms with E-state index in [0.717, 1.165) is 11.3 Å². The number of rotatable bonds is 3. The summed E-state index contributed by atoms with van der Waals surface area (Å²) < 4.78 is 5.56. The van der Waals surface area contributed by atoms with Crippen molar-refractivity contribution in [1.82, 2.24) is 5.32 Å². The summed E-state index contributed by atoms with van der Waals surface area (Å²) in [5.41, 5.74) is 2.73. The monoisotopic (exact) mass is 336 g/mol. The molecule has 1 N–H and O–H groups in total. The molecule has 25 heavy (non-hydrogen) atoms. The Balaban J connectivity index is 1.77. The highest BCUT2D eigenvalue weighted by Crippen LogP contribution is 2.26. The van der Waals surface area contributed by atoms with E-state index in [1.807, 2.05) is 26.8 Å². The standard InChI is InChI=1S/C20H20N2O3/c1-12(2)25-16-7-4-14(5-8-16)20(24)21-15-6-9-17-13(3)10-19(23)22-18(17)11-15/h4-12,17H,1-3H3,(H,22,23). The number of hydrogen-bond acceptors (Lipinski definition) is 3. The summed E-state index contributed by atoms with van der Waals surface area (Å²) in [5.74, 6) is 0.273.